The second-order valence-corrected chi connectivity index (χ2v) is 2.60. The first-order valence-electron chi connectivity index (χ1n) is 3.53. The summed E-state index contributed by atoms with van der Waals surface area (Å²) in [6.45, 7) is 1.30. The molecule has 2 heterocycles. The van der Waals surface area contributed by atoms with Gasteiger partial charge in [-0.1, -0.05) is 0 Å². The van der Waals surface area contributed by atoms with Crippen LogP contribution >= 0.6 is 0 Å². The van der Waals surface area contributed by atoms with Crippen LogP contribution < -0.4 is 16.8 Å². The summed E-state index contributed by atoms with van der Waals surface area (Å²) in [7, 11) is 0. The number of carboxylic acid groups (broad SMARTS) is 2. The maximum Gasteiger partial charge on any atom is 0.322 e. The molecular weight excluding hydrogens is 178 g/mol. The van der Waals surface area contributed by atoms with Gasteiger partial charge in [-0.05, 0) is 0 Å². The minimum atomic E-state index is -0.741. The lowest BCUT2D eigenvalue weighted by atomic mass is 10.5. The fourth-order valence-corrected chi connectivity index (χ4v) is 0.467. The van der Waals surface area contributed by atoms with Crippen LogP contribution in [0.2, 0.25) is 0 Å². The Morgan fingerprint density at radius 1 is 1.00 bits per heavy atom. The summed E-state index contributed by atoms with van der Waals surface area (Å²) >= 11 is 0. The Kier molecular flexibility index (Phi) is 4.32. The Balaban J connectivity index is 0.000000206. The molecule has 0 aromatic rings. The van der Waals surface area contributed by atoms with Gasteiger partial charge in [0.15, 0.2) is 0 Å². The van der Waals surface area contributed by atoms with E-state index in [1.807, 2.05) is 0 Å². The van der Waals surface area contributed by atoms with Gasteiger partial charge in [0.05, 0.1) is 0 Å². The third-order valence-corrected chi connectivity index (χ3v) is 1.41. The smallest absolute Gasteiger partial charge is 0.322 e. The zero-order valence-electron chi connectivity index (χ0n) is 6.99. The summed E-state index contributed by atoms with van der Waals surface area (Å²) in [6, 6.07) is -0.463. The van der Waals surface area contributed by atoms with E-state index < -0.39 is 11.9 Å². The van der Waals surface area contributed by atoms with Crippen LogP contribution in [-0.4, -0.2) is 47.3 Å². The Morgan fingerprint density at radius 3 is 1.23 bits per heavy atom. The molecule has 0 spiro atoms. The van der Waals surface area contributed by atoms with Crippen molar-refractivity contribution >= 4 is 11.9 Å². The summed E-state index contributed by atoms with van der Waals surface area (Å²) in [5, 5.41) is 21.2. The summed E-state index contributed by atoms with van der Waals surface area (Å²) in [6.07, 6.45) is 0. The minimum absolute atomic E-state index is 0. The molecule has 2 unspecified atom stereocenters. The molecule has 76 valence electrons. The van der Waals surface area contributed by atoms with Crippen molar-refractivity contribution in [2.24, 2.45) is 0 Å². The van der Waals surface area contributed by atoms with Gasteiger partial charge < -0.3 is 27.0 Å². The van der Waals surface area contributed by atoms with E-state index in [0.29, 0.717) is 13.1 Å². The van der Waals surface area contributed by atoms with Crippen molar-refractivity contribution in [3.63, 3.8) is 0 Å². The Hall–Kier alpha value is -1.18. The van der Waals surface area contributed by atoms with Gasteiger partial charge in [-0.2, -0.15) is 0 Å². The minimum Gasteiger partial charge on any atom is -0.480 e. The molecule has 0 bridgehead atoms. The van der Waals surface area contributed by atoms with E-state index in [1.165, 1.54) is 0 Å². The Labute approximate surface area is 74.7 Å². The van der Waals surface area contributed by atoms with Crippen LogP contribution in [0, 0.1) is 0 Å². The van der Waals surface area contributed by atoms with Gasteiger partial charge in [-0.25, -0.2) is 0 Å². The summed E-state index contributed by atoms with van der Waals surface area (Å²) < 4.78 is 0. The van der Waals surface area contributed by atoms with Crippen molar-refractivity contribution in [2.45, 2.75) is 12.1 Å². The summed E-state index contributed by atoms with van der Waals surface area (Å²) in [4.78, 5) is 19.4. The average Bonchev–Trinajstić information content (AvgIpc) is 2.85. The van der Waals surface area contributed by atoms with Gasteiger partial charge in [0.2, 0.25) is 0 Å². The molecule has 0 aromatic heterocycles. The first kappa shape index (κ1) is 11.8. The molecule has 2 atom stereocenters. The monoisotopic (exact) mass is 191 g/mol. The Bertz CT molecular complexity index is 178. The summed E-state index contributed by atoms with van der Waals surface area (Å²) in [5.74, 6) is -1.48. The number of hydrogen-bond donors (Lipinski definition) is 5. The van der Waals surface area contributed by atoms with E-state index in [2.05, 4.69) is 10.6 Å². The molecule has 2 aliphatic rings. The maximum atomic E-state index is 9.70. The molecule has 7 heteroatoms. The molecule has 0 saturated carbocycles. The van der Waals surface area contributed by atoms with Crippen LogP contribution in [0.4, 0.5) is 0 Å². The number of carbonyl (C=O) groups is 2. The SMILES string of the molecule is N.O=C(O)C1CN1.O=C(O)C1CN1. The molecule has 13 heavy (non-hydrogen) atoms. The van der Waals surface area contributed by atoms with E-state index in [1.54, 1.807) is 0 Å². The van der Waals surface area contributed by atoms with Gasteiger partial charge >= 0.3 is 11.9 Å². The van der Waals surface area contributed by atoms with Crippen LogP contribution in [0.5, 0.6) is 0 Å². The molecule has 0 aliphatic carbocycles. The zero-order chi connectivity index (χ0) is 9.14. The topological polar surface area (TPSA) is 153 Å². The fraction of sp³-hybridized carbons (Fsp3) is 0.667. The Morgan fingerprint density at radius 2 is 1.23 bits per heavy atom. The van der Waals surface area contributed by atoms with Gasteiger partial charge in [0, 0.05) is 13.1 Å². The van der Waals surface area contributed by atoms with Crippen molar-refractivity contribution in [2.75, 3.05) is 13.1 Å². The predicted octanol–water partition coefficient (Wildman–Crippen LogP) is -1.75. The molecule has 0 aromatic carbocycles. The lowest BCUT2D eigenvalue weighted by Gasteiger charge is -1.74. The van der Waals surface area contributed by atoms with E-state index in [0.717, 1.165) is 0 Å². The number of carboxylic acids is 2. The third kappa shape index (κ3) is 5.12. The first-order valence-corrected chi connectivity index (χ1v) is 3.53. The lowest BCUT2D eigenvalue weighted by Crippen LogP contribution is -2.06. The summed E-state index contributed by atoms with van der Waals surface area (Å²) in [5.41, 5.74) is 0. The third-order valence-electron chi connectivity index (χ3n) is 1.41. The fourth-order valence-electron chi connectivity index (χ4n) is 0.467. The molecule has 7 N–H and O–H groups in total. The van der Waals surface area contributed by atoms with Crippen molar-refractivity contribution in [1.82, 2.24) is 16.8 Å². The van der Waals surface area contributed by atoms with Crippen molar-refractivity contribution in [1.29, 1.82) is 0 Å². The van der Waals surface area contributed by atoms with Gasteiger partial charge in [-0.15, -0.1) is 0 Å². The number of nitrogens with one attached hydrogen (secondary N) is 2. The van der Waals surface area contributed by atoms with Crippen LogP contribution in [0.3, 0.4) is 0 Å². The first-order chi connectivity index (χ1) is 5.61. The maximum absolute atomic E-state index is 9.70. The van der Waals surface area contributed by atoms with E-state index in [4.69, 9.17) is 10.2 Å². The van der Waals surface area contributed by atoms with Crippen LogP contribution in [-0.2, 0) is 9.59 Å². The highest BCUT2D eigenvalue weighted by Gasteiger charge is 2.28. The normalized spacial score (nSPS) is 27.4. The lowest BCUT2D eigenvalue weighted by molar-refractivity contribution is -0.137. The highest BCUT2D eigenvalue weighted by molar-refractivity contribution is 5.77. The van der Waals surface area contributed by atoms with Crippen molar-refractivity contribution in [3.05, 3.63) is 0 Å². The molecule has 0 amide bonds. The van der Waals surface area contributed by atoms with Crippen LogP contribution in [0.15, 0.2) is 0 Å². The molecule has 2 aliphatic heterocycles. The van der Waals surface area contributed by atoms with Crippen molar-refractivity contribution in [3.8, 4) is 0 Å². The molecule has 0 radical (unpaired) electrons. The zero-order valence-corrected chi connectivity index (χ0v) is 6.99. The second-order valence-electron chi connectivity index (χ2n) is 2.60. The highest BCUT2D eigenvalue weighted by Crippen LogP contribution is 1.93. The molecule has 2 rings (SSSR count). The van der Waals surface area contributed by atoms with E-state index >= 15 is 0 Å². The largest absolute Gasteiger partial charge is 0.480 e. The van der Waals surface area contributed by atoms with Gasteiger partial charge in [0.25, 0.3) is 0 Å². The number of hydrogen-bond acceptors (Lipinski definition) is 5. The molecular formula is C6H13N3O4. The van der Waals surface area contributed by atoms with Gasteiger partial charge in [0.1, 0.15) is 12.1 Å². The van der Waals surface area contributed by atoms with Crippen molar-refractivity contribution < 1.29 is 19.8 Å². The molecule has 7 nitrogen and oxygen atoms in total. The quantitative estimate of drug-likeness (QED) is 0.324. The molecule has 2 saturated heterocycles. The average molecular weight is 191 g/mol. The van der Waals surface area contributed by atoms with Gasteiger partial charge in [-0.3, -0.25) is 9.59 Å². The standard InChI is InChI=1S/2C3H5NO2.H3N/c2*5-3(6)2-1-4-2;/h2*2,4H,1H2,(H,5,6);1H3. The van der Waals surface area contributed by atoms with Crippen LogP contribution in [0.1, 0.15) is 0 Å². The number of aliphatic carboxylic acids is 2. The molecule has 2 fully saturated rings. The predicted molar refractivity (Wildman–Crippen MR) is 43.9 cm³/mol. The second kappa shape index (κ2) is 4.75. The van der Waals surface area contributed by atoms with E-state index in [-0.39, 0.29) is 18.2 Å². The van der Waals surface area contributed by atoms with Crippen LogP contribution in [0.25, 0.3) is 0 Å². The highest BCUT2D eigenvalue weighted by atomic mass is 16.4. The van der Waals surface area contributed by atoms with E-state index in [9.17, 15) is 9.59 Å². The number of rotatable bonds is 2.